The van der Waals surface area contributed by atoms with E-state index in [1.54, 1.807) is 0 Å². The minimum Gasteiger partial charge on any atom is -0.492 e. The van der Waals surface area contributed by atoms with Crippen LogP contribution in [0.2, 0.25) is 0 Å². The highest BCUT2D eigenvalue weighted by Crippen LogP contribution is 2.30. The number of benzene rings is 2. The van der Waals surface area contributed by atoms with Gasteiger partial charge in [0.05, 0.1) is 24.9 Å². The van der Waals surface area contributed by atoms with Gasteiger partial charge in [0.2, 0.25) is 0 Å². The maximum absolute atomic E-state index is 12.9. The summed E-state index contributed by atoms with van der Waals surface area (Å²) in [5, 5.41) is 2.97. The van der Waals surface area contributed by atoms with E-state index in [2.05, 4.69) is 10.2 Å². The first-order chi connectivity index (χ1) is 12.2. The Morgan fingerprint density at radius 1 is 1.20 bits per heavy atom. The lowest BCUT2D eigenvalue weighted by Crippen LogP contribution is -2.48. The highest BCUT2D eigenvalue weighted by Gasteiger charge is 2.36. The van der Waals surface area contributed by atoms with Crippen LogP contribution < -0.4 is 10.1 Å². The van der Waals surface area contributed by atoms with Crippen molar-refractivity contribution in [2.75, 3.05) is 32.1 Å². The highest BCUT2D eigenvalue weighted by atomic mass is 16.5. The van der Waals surface area contributed by atoms with Crippen molar-refractivity contribution in [1.82, 2.24) is 4.90 Å². The van der Waals surface area contributed by atoms with Crippen molar-refractivity contribution in [2.24, 2.45) is 0 Å². The van der Waals surface area contributed by atoms with Gasteiger partial charge in [-0.15, -0.1) is 0 Å². The number of likely N-dealkylation sites (N-methyl/N-ethyl adjacent to an activating group) is 1. The van der Waals surface area contributed by atoms with Crippen molar-refractivity contribution in [2.45, 2.75) is 19.1 Å². The summed E-state index contributed by atoms with van der Waals surface area (Å²) in [6.45, 7) is 3.79. The molecule has 5 nitrogen and oxygen atoms in total. The molecule has 5 heteroatoms. The number of hydrogen-bond donors (Lipinski definition) is 1. The zero-order valence-electron chi connectivity index (χ0n) is 14.6. The second-order valence-electron chi connectivity index (χ2n) is 6.05. The monoisotopic (exact) mass is 340 g/mol. The Hall–Kier alpha value is -2.37. The van der Waals surface area contributed by atoms with Crippen LogP contribution in [-0.4, -0.2) is 43.7 Å². The molecular formula is C20H24N2O3. The molecule has 0 radical (unpaired) electrons. The number of carbonyl (C=O) groups is 1. The summed E-state index contributed by atoms with van der Waals surface area (Å²) in [5.74, 6) is 0.506. The third-order valence-corrected chi connectivity index (χ3v) is 4.35. The van der Waals surface area contributed by atoms with Gasteiger partial charge in [0.1, 0.15) is 5.75 Å². The highest BCUT2D eigenvalue weighted by molar-refractivity contribution is 5.96. The number of carbonyl (C=O) groups excluding carboxylic acids is 1. The molecule has 3 rings (SSSR count). The van der Waals surface area contributed by atoms with Crippen molar-refractivity contribution in [3.8, 4) is 5.75 Å². The van der Waals surface area contributed by atoms with Crippen molar-refractivity contribution >= 4 is 11.6 Å². The molecule has 0 spiro atoms. The smallest absolute Gasteiger partial charge is 0.255 e. The Bertz CT molecular complexity index is 705. The summed E-state index contributed by atoms with van der Waals surface area (Å²) in [5.41, 5.74) is 1.74. The topological polar surface area (TPSA) is 50.8 Å². The van der Waals surface area contributed by atoms with Crippen LogP contribution in [0.4, 0.5) is 5.69 Å². The molecule has 1 saturated heterocycles. The largest absolute Gasteiger partial charge is 0.492 e. The minimum absolute atomic E-state index is 0.116. The molecule has 0 aliphatic carbocycles. The molecule has 25 heavy (non-hydrogen) atoms. The van der Waals surface area contributed by atoms with Crippen LogP contribution in [0.15, 0.2) is 54.6 Å². The Kier molecular flexibility index (Phi) is 5.68. The quantitative estimate of drug-likeness (QED) is 0.909. The van der Waals surface area contributed by atoms with Gasteiger partial charge >= 0.3 is 0 Å². The zero-order valence-corrected chi connectivity index (χ0v) is 14.6. The summed E-state index contributed by atoms with van der Waals surface area (Å²) in [6.07, 6.45) is -0.573. The average Bonchev–Trinajstić information content (AvgIpc) is 2.64. The van der Waals surface area contributed by atoms with E-state index < -0.39 is 6.10 Å². The lowest BCUT2D eigenvalue weighted by molar-refractivity contribution is -0.139. The third-order valence-electron chi connectivity index (χ3n) is 4.35. The fourth-order valence-corrected chi connectivity index (χ4v) is 3.14. The number of amides is 1. The molecule has 1 heterocycles. The molecule has 0 saturated carbocycles. The van der Waals surface area contributed by atoms with Crippen LogP contribution in [0.5, 0.6) is 5.75 Å². The molecule has 2 atom stereocenters. The average molecular weight is 340 g/mol. The van der Waals surface area contributed by atoms with Gasteiger partial charge < -0.3 is 14.8 Å². The first-order valence-electron chi connectivity index (χ1n) is 8.60. The van der Waals surface area contributed by atoms with E-state index in [-0.39, 0.29) is 11.9 Å². The maximum Gasteiger partial charge on any atom is 0.255 e. The number of hydrogen-bond acceptors (Lipinski definition) is 4. The Labute approximate surface area is 148 Å². The van der Waals surface area contributed by atoms with Gasteiger partial charge in [-0.3, -0.25) is 9.69 Å². The van der Waals surface area contributed by atoms with Gasteiger partial charge in [0.25, 0.3) is 5.91 Å². The number of morpholine rings is 1. The second kappa shape index (κ2) is 8.14. The fourth-order valence-electron chi connectivity index (χ4n) is 3.14. The number of nitrogens with zero attached hydrogens (tertiary/aromatic N) is 1. The molecule has 1 N–H and O–H groups in total. The fraction of sp³-hybridized carbons (Fsp3) is 0.350. The summed E-state index contributed by atoms with van der Waals surface area (Å²) < 4.78 is 11.4. The minimum atomic E-state index is -0.573. The molecular weight excluding hydrogens is 316 g/mol. The van der Waals surface area contributed by atoms with Gasteiger partial charge in [-0.1, -0.05) is 42.5 Å². The van der Waals surface area contributed by atoms with E-state index in [1.165, 1.54) is 0 Å². The van der Waals surface area contributed by atoms with Gasteiger partial charge in [-0.2, -0.15) is 0 Å². The summed E-state index contributed by atoms with van der Waals surface area (Å²) in [6, 6.07) is 17.3. The van der Waals surface area contributed by atoms with Crippen LogP contribution in [0.3, 0.4) is 0 Å². The van der Waals surface area contributed by atoms with Crippen LogP contribution in [-0.2, 0) is 9.53 Å². The normalized spacial score (nSPS) is 20.9. The molecule has 0 aromatic heterocycles. The molecule has 0 unspecified atom stereocenters. The van der Waals surface area contributed by atoms with E-state index in [9.17, 15) is 4.79 Å². The van der Waals surface area contributed by atoms with Crippen LogP contribution in [0.1, 0.15) is 18.5 Å². The van der Waals surface area contributed by atoms with Gasteiger partial charge in [0, 0.05) is 6.54 Å². The van der Waals surface area contributed by atoms with Crippen molar-refractivity contribution < 1.29 is 14.3 Å². The van der Waals surface area contributed by atoms with Crippen LogP contribution in [0, 0.1) is 0 Å². The van der Waals surface area contributed by atoms with E-state index in [0.717, 1.165) is 12.1 Å². The molecule has 0 bridgehead atoms. The van der Waals surface area contributed by atoms with Crippen molar-refractivity contribution in [3.05, 3.63) is 60.2 Å². The van der Waals surface area contributed by atoms with E-state index >= 15 is 0 Å². The van der Waals surface area contributed by atoms with Crippen molar-refractivity contribution in [3.63, 3.8) is 0 Å². The predicted octanol–water partition coefficient (Wildman–Crippen LogP) is 3.10. The molecule has 132 valence electrons. The first-order valence-corrected chi connectivity index (χ1v) is 8.60. The van der Waals surface area contributed by atoms with Crippen molar-refractivity contribution in [1.29, 1.82) is 0 Å². The molecule has 1 aliphatic heterocycles. The number of ether oxygens (including phenoxy) is 2. The van der Waals surface area contributed by atoms with Gasteiger partial charge in [-0.05, 0) is 31.7 Å². The van der Waals surface area contributed by atoms with Crippen LogP contribution in [0.25, 0.3) is 0 Å². The van der Waals surface area contributed by atoms with E-state index in [0.29, 0.717) is 24.7 Å². The first kappa shape index (κ1) is 17.5. The van der Waals surface area contributed by atoms with E-state index in [1.807, 2.05) is 68.6 Å². The standard InChI is InChI=1S/C20H24N2O3/c1-3-24-17-12-8-7-11-16(17)21-20(23)19-18(22(2)13-14-25-19)15-9-5-4-6-10-15/h4-12,18-19H,3,13-14H2,1-2H3,(H,21,23)/t18-,19+/m0/s1. The molecule has 2 aromatic carbocycles. The number of anilines is 1. The summed E-state index contributed by atoms with van der Waals surface area (Å²) in [4.78, 5) is 15.1. The molecule has 1 aliphatic rings. The molecule has 1 amide bonds. The Morgan fingerprint density at radius 3 is 2.68 bits per heavy atom. The van der Waals surface area contributed by atoms with Gasteiger partial charge in [0.15, 0.2) is 6.10 Å². The SMILES string of the molecule is CCOc1ccccc1NC(=O)[C@@H]1OCCN(C)[C@H]1c1ccccc1. The molecule has 1 fully saturated rings. The van der Waals surface area contributed by atoms with Gasteiger partial charge in [-0.25, -0.2) is 0 Å². The Balaban J connectivity index is 1.82. The van der Waals surface area contributed by atoms with E-state index in [4.69, 9.17) is 9.47 Å². The Morgan fingerprint density at radius 2 is 1.92 bits per heavy atom. The maximum atomic E-state index is 12.9. The number of rotatable bonds is 5. The number of nitrogens with one attached hydrogen (secondary N) is 1. The summed E-state index contributed by atoms with van der Waals surface area (Å²) in [7, 11) is 2.02. The van der Waals surface area contributed by atoms with Crippen LogP contribution >= 0.6 is 0 Å². The lowest BCUT2D eigenvalue weighted by Gasteiger charge is -2.38. The lowest BCUT2D eigenvalue weighted by atomic mass is 9.98. The second-order valence-corrected chi connectivity index (χ2v) is 6.05. The number of para-hydroxylation sites is 2. The summed E-state index contributed by atoms with van der Waals surface area (Å²) >= 11 is 0. The zero-order chi connectivity index (χ0) is 17.6. The third kappa shape index (κ3) is 4.00. The predicted molar refractivity (Wildman–Crippen MR) is 97.8 cm³/mol. The molecule has 2 aromatic rings.